The van der Waals surface area contributed by atoms with E-state index in [1.165, 1.54) is 12.1 Å². The van der Waals surface area contributed by atoms with Crippen LogP contribution >= 0.6 is 11.6 Å². The number of hydrogen-bond donors (Lipinski definition) is 1. The summed E-state index contributed by atoms with van der Waals surface area (Å²) in [6, 6.07) is 20.8. The molecule has 0 unspecified atom stereocenters. The highest BCUT2D eigenvalue weighted by Crippen LogP contribution is 2.33. The Bertz CT molecular complexity index is 1340. The molecule has 3 aromatic carbocycles. The molecular weight excluding hydrogens is 457 g/mol. The molecule has 6 nitrogen and oxygen atoms in total. The molecule has 0 spiro atoms. The number of halogens is 2. The smallest absolute Gasteiger partial charge is 0.227 e. The third-order valence-corrected chi connectivity index (χ3v) is 6.27. The Hall–Kier alpha value is -3.42. The minimum atomic E-state index is -0.830. The van der Waals surface area contributed by atoms with Crippen LogP contribution in [0.2, 0.25) is 5.02 Å². The Balaban J connectivity index is 1.39. The second-order valence-corrected chi connectivity index (χ2v) is 8.76. The fourth-order valence-corrected chi connectivity index (χ4v) is 4.57. The molecule has 0 saturated carbocycles. The molecule has 2 heterocycles. The standard InChI is InChI=1S/C26H23ClFN3O3/c27-21-8-1-4-11-24(21)34-16-20(32)15-31-23-10-3-2-9-22(23)29-26(31)17-12-25(33)30(14-17)19-7-5-6-18(28)13-19/h1-11,13,17,20,32H,12,14-16H2/t17-,20+/m0/s1. The first-order chi connectivity index (χ1) is 16.5. The molecule has 1 fully saturated rings. The minimum Gasteiger partial charge on any atom is -0.489 e. The lowest BCUT2D eigenvalue weighted by Gasteiger charge is -2.19. The van der Waals surface area contributed by atoms with Gasteiger partial charge in [0.1, 0.15) is 30.1 Å². The van der Waals surface area contributed by atoms with Crippen LogP contribution in [0.1, 0.15) is 18.2 Å². The highest BCUT2D eigenvalue weighted by atomic mass is 35.5. The van der Waals surface area contributed by atoms with Crippen molar-refractivity contribution in [3.8, 4) is 5.75 Å². The highest BCUT2D eigenvalue weighted by Gasteiger charge is 2.35. The molecule has 1 N–H and O–H groups in total. The molecule has 1 saturated heterocycles. The molecular formula is C26H23ClFN3O3. The van der Waals surface area contributed by atoms with E-state index in [9.17, 15) is 14.3 Å². The van der Waals surface area contributed by atoms with Gasteiger partial charge in [0, 0.05) is 24.6 Å². The topological polar surface area (TPSA) is 67.6 Å². The summed E-state index contributed by atoms with van der Waals surface area (Å²) >= 11 is 6.15. The second-order valence-electron chi connectivity index (χ2n) is 8.35. The lowest BCUT2D eigenvalue weighted by Crippen LogP contribution is -2.26. The lowest BCUT2D eigenvalue weighted by molar-refractivity contribution is -0.117. The number of carbonyl (C=O) groups is 1. The SMILES string of the molecule is O=C1C[C@H](c2nc3ccccc3n2C[C@@H](O)COc2ccccc2Cl)CN1c1cccc(F)c1. The number of ether oxygens (including phenoxy) is 1. The first-order valence-corrected chi connectivity index (χ1v) is 11.4. The van der Waals surface area contributed by atoms with Crippen LogP contribution in [0.25, 0.3) is 11.0 Å². The monoisotopic (exact) mass is 479 g/mol. The van der Waals surface area contributed by atoms with E-state index in [2.05, 4.69) is 0 Å². The molecule has 0 radical (unpaired) electrons. The number of carbonyl (C=O) groups excluding carboxylic acids is 1. The third-order valence-electron chi connectivity index (χ3n) is 5.96. The average molecular weight is 480 g/mol. The van der Waals surface area contributed by atoms with Crippen molar-refractivity contribution in [3.05, 3.63) is 89.5 Å². The fraction of sp³-hybridized carbons (Fsp3) is 0.231. The van der Waals surface area contributed by atoms with E-state index in [-0.39, 0.29) is 37.2 Å². The molecule has 0 bridgehead atoms. The van der Waals surface area contributed by atoms with Crippen molar-refractivity contribution >= 4 is 34.2 Å². The number of aliphatic hydroxyl groups excluding tert-OH is 1. The van der Waals surface area contributed by atoms with Crippen molar-refractivity contribution in [2.75, 3.05) is 18.1 Å². The zero-order valence-electron chi connectivity index (χ0n) is 18.3. The molecule has 1 aromatic heterocycles. The molecule has 0 aliphatic carbocycles. The predicted molar refractivity (Wildman–Crippen MR) is 129 cm³/mol. The molecule has 5 rings (SSSR count). The van der Waals surface area contributed by atoms with Crippen LogP contribution in [0.5, 0.6) is 5.75 Å². The van der Waals surface area contributed by atoms with E-state index < -0.39 is 6.10 Å². The van der Waals surface area contributed by atoms with E-state index in [4.69, 9.17) is 21.3 Å². The quantitative estimate of drug-likeness (QED) is 0.414. The molecule has 2 atom stereocenters. The van der Waals surface area contributed by atoms with Crippen molar-refractivity contribution in [2.24, 2.45) is 0 Å². The number of para-hydroxylation sites is 3. The van der Waals surface area contributed by atoms with Gasteiger partial charge in [-0.1, -0.05) is 41.9 Å². The van der Waals surface area contributed by atoms with Gasteiger partial charge in [-0.2, -0.15) is 0 Å². The van der Waals surface area contributed by atoms with E-state index in [0.717, 1.165) is 11.0 Å². The number of imidazole rings is 1. The summed E-state index contributed by atoms with van der Waals surface area (Å²) in [7, 11) is 0. The van der Waals surface area contributed by atoms with Crippen LogP contribution in [0.3, 0.4) is 0 Å². The van der Waals surface area contributed by atoms with Gasteiger partial charge in [0.25, 0.3) is 0 Å². The van der Waals surface area contributed by atoms with Gasteiger partial charge in [-0.05, 0) is 42.5 Å². The van der Waals surface area contributed by atoms with Crippen LogP contribution < -0.4 is 9.64 Å². The highest BCUT2D eigenvalue weighted by molar-refractivity contribution is 6.32. The van der Waals surface area contributed by atoms with Crippen LogP contribution in [-0.2, 0) is 11.3 Å². The van der Waals surface area contributed by atoms with Gasteiger partial charge in [-0.15, -0.1) is 0 Å². The second kappa shape index (κ2) is 9.44. The van der Waals surface area contributed by atoms with Crippen LogP contribution in [0, 0.1) is 5.82 Å². The minimum absolute atomic E-state index is 0.0503. The maximum atomic E-state index is 13.7. The number of amides is 1. The number of aromatic nitrogens is 2. The average Bonchev–Trinajstić information content (AvgIpc) is 3.39. The molecule has 4 aromatic rings. The number of rotatable bonds is 7. The van der Waals surface area contributed by atoms with Crippen molar-refractivity contribution in [2.45, 2.75) is 25.0 Å². The summed E-state index contributed by atoms with van der Waals surface area (Å²) in [5, 5.41) is 11.3. The largest absolute Gasteiger partial charge is 0.489 e. The molecule has 1 amide bonds. The van der Waals surface area contributed by atoms with Gasteiger partial charge >= 0.3 is 0 Å². The number of fused-ring (bicyclic) bond motifs is 1. The van der Waals surface area contributed by atoms with Gasteiger partial charge in [0.2, 0.25) is 5.91 Å². The zero-order valence-corrected chi connectivity index (χ0v) is 19.0. The number of aliphatic hydroxyl groups is 1. The number of anilines is 1. The van der Waals surface area contributed by atoms with Crippen LogP contribution in [-0.4, -0.2) is 39.8 Å². The van der Waals surface area contributed by atoms with E-state index in [1.807, 2.05) is 41.0 Å². The lowest BCUT2D eigenvalue weighted by atomic mass is 10.1. The van der Waals surface area contributed by atoms with Gasteiger partial charge in [-0.25, -0.2) is 9.37 Å². The summed E-state index contributed by atoms with van der Waals surface area (Å²) in [5.41, 5.74) is 2.18. The Labute approximate surface area is 201 Å². The Kier molecular flexibility index (Phi) is 6.22. The summed E-state index contributed by atoms with van der Waals surface area (Å²) in [4.78, 5) is 19.2. The molecule has 1 aliphatic rings. The Morgan fingerprint density at radius 2 is 1.91 bits per heavy atom. The molecule has 8 heteroatoms. The molecule has 174 valence electrons. The Morgan fingerprint density at radius 1 is 1.12 bits per heavy atom. The number of benzene rings is 3. The summed E-state index contributed by atoms with van der Waals surface area (Å²) in [5.74, 6) is 0.551. The van der Waals surface area contributed by atoms with E-state index in [0.29, 0.717) is 28.8 Å². The molecule has 1 aliphatic heterocycles. The predicted octanol–water partition coefficient (Wildman–Crippen LogP) is 4.79. The van der Waals surface area contributed by atoms with E-state index in [1.54, 1.807) is 29.2 Å². The summed E-state index contributed by atoms with van der Waals surface area (Å²) in [6.07, 6.45) is -0.574. The fourth-order valence-electron chi connectivity index (χ4n) is 4.38. The normalized spacial score (nSPS) is 16.9. The van der Waals surface area contributed by atoms with Gasteiger partial charge in [0.15, 0.2) is 0 Å². The van der Waals surface area contributed by atoms with Gasteiger partial charge in [0.05, 0.1) is 22.6 Å². The van der Waals surface area contributed by atoms with Crippen LogP contribution in [0.4, 0.5) is 10.1 Å². The van der Waals surface area contributed by atoms with Crippen molar-refractivity contribution in [1.29, 1.82) is 0 Å². The summed E-state index contributed by atoms with van der Waals surface area (Å²) in [6.45, 7) is 0.678. The Morgan fingerprint density at radius 3 is 2.74 bits per heavy atom. The van der Waals surface area contributed by atoms with Crippen molar-refractivity contribution in [3.63, 3.8) is 0 Å². The molecule has 34 heavy (non-hydrogen) atoms. The van der Waals surface area contributed by atoms with E-state index >= 15 is 0 Å². The third kappa shape index (κ3) is 4.49. The van der Waals surface area contributed by atoms with Gasteiger partial charge < -0.3 is 19.3 Å². The first kappa shape index (κ1) is 22.4. The maximum Gasteiger partial charge on any atom is 0.227 e. The maximum absolute atomic E-state index is 13.7. The van der Waals surface area contributed by atoms with Crippen LogP contribution in [0.15, 0.2) is 72.8 Å². The zero-order chi connectivity index (χ0) is 23.7. The number of hydrogen-bond acceptors (Lipinski definition) is 4. The number of nitrogens with zero attached hydrogens (tertiary/aromatic N) is 3. The van der Waals surface area contributed by atoms with Gasteiger partial charge in [-0.3, -0.25) is 4.79 Å². The van der Waals surface area contributed by atoms with Crippen molar-refractivity contribution in [1.82, 2.24) is 9.55 Å². The first-order valence-electron chi connectivity index (χ1n) is 11.1. The van der Waals surface area contributed by atoms with Crippen molar-refractivity contribution < 1.29 is 19.0 Å². The summed E-state index contributed by atoms with van der Waals surface area (Å²) < 4.78 is 21.4.